The molecule has 1 atom stereocenters. The number of ether oxygens (including phenoxy) is 1. The average molecular weight is 492 g/mol. The van der Waals surface area contributed by atoms with E-state index < -0.39 is 22.3 Å². The summed E-state index contributed by atoms with van der Waals surface area (Å²) in [6.45, 7) is 2.22. The molecule has 3 rings (SSSR count). The standard InChI is InChI=1S/C23H23NO5.H2O4S/c1-2-29-23(28)18-11-7-6-10-17(18)14-20(25)19-12-13-24(15-21(19)26)22(27)16-8-4-3-5-9-16;1-5(2,3)4/h3-11,19H,2,12-15H2,1H3;(H2,1,2,3,4). The predicted molar refractivity (Wildman–Crippen MR) is 121 cm³/mol. The SMILES string of the molecule is CCOC(=O)c1ccccc1CC(=O)C1CCN(C(=O)c2ccccc2)CC1=O.O=S(=O)(O)O. The highest BCUT2D eigenvalue weighted by Gasteiger charge is 2.34. The van der Waals surface area contributed by atoms with Crippen molar-refractivity contribution in [2.75, 3.05) is 19.7 Å². The van der Waals surface area contributed by atoms with Crippen molar-refractivity contribution >= 4 is 33.8 Å². The van der Waals surface area contributed by atoms with Gasteiger partial charge in [-0.15, -0.1) is 0 Å². The monoisotopic (exact) mass is 491 g/mol. The van der Waals surface area contributed by atoms with Gasteiger partial charge in [-0.05, 0) is 37.1 Å². The second kappa shape index (κ2) is 12.2. The van der Waals surface area contributed by atoms with Crippen LogP contribution in [-0.4, -0.2) is 65.6 Å². The van der Waals surface area contributed by atoms with Gasteiger partial charge in [-0.1, -0.05) is 36.4 Å². The zero-order chi connectivity index (χ0) is 25.3. The molecule has 1 amide bonds. The number of carbonyl (C=O) groups is 4. The lowest BCUT2D eigenvalue weighted by molar-refractivity contribution is -0.135. The molecule has 0 radical (unpaired) electrons. The van der Waals surface area contributed by atoms with Gasteiger partial charge in [-0.25, -0.2) is 4.79 Å². The van der Waals surface area contributed by atoms with Crippen molar-refractivity contribution in [2.24, 2.45) is 5.92 Å². The number of nitrogens with zero attached hydrogens (tertiary/aromatic N) is 1. The number of ketones is 2. The lowest BCUT2D eigenvalue weighted by Crippen LogP contribution is -2.46. The third kappa shape index (κ3) is 8.18. The molecule has 1 aliphatic rings. The number of esters is 1. The number of rotatable bonds is 6. The summed E-state index contributed by atoms with van der Waals surface area (Å²) in [5.41, 5.74) is 1.41. The van der Waals surface area contributed by atoms with Crippen molar-refractivity contribution in [3.8, 4) is 0 Å². The second-order valence-electron chi connectivity index (χ2n) is 7.37. The van der Waals surface area contributed by atoms with Gasteiger partial charge in [0, 0.05) is 18.5 Å². The molecular weight excluding hydrogens is 466 g/mol. The lowest BCUT2D eigenvalue weighted by Gasteiger charge is -2.30. The Kier molecular flexibility index (Phi) is 9.60. The van der Waals surface area contributed by atoms with Crippen LogP contribution < -0.4 is 0 Å². The lowest BCUT2D eigenvalue weighted by atomic mass is 9.87. The molecule has 182 valence electrons. The smallest absolute Gasteiger partial charge is 0.394 e. The molecule has 34 heavy (non-hydrogen) atoms. The Morgan fingerprint density at radius 3 is 2.21 bits per heavy atom. The highest BCUT2D eigenvalue weighted by atomic mass is 32.3. The van der Waals surface area contributed by atoms with E-state index >= 15 is 0 Å². The molecule has 0 aromatic heterocycles. The number of benzene rings is 2. The number of hydrogen-bond donors (Lipinski definition) is 2. The topological polar surface area (TPSA) is 155 Å². The fourth-order valence-electron chi connectivity index (χ4n) is 3.49. The molecule has 1 fully saturated rings. The van der Waals surface area contributed by atoms with Crippen LogP contribution >= 0.6 is 0 Å². The largest absolute Gasteiger partial charge is 0.462 e. The van der Waals surface area contributed by atoms with Gasteiger partial charge in [0.25, 0.3) is 5.91 Å². The van der Waals surface area contributed by atoms with E-state index in [1.165, 1.54) is 4.90 Å². The Hall–Kier alpha value is -3.41. The van der Waals surface area contributed by atoms with E-state index in [0.29, 0.717) is 23.2 Å². The summed E-state index contributed by atoms with van der Waals surface area (Å²) < 4.78 is 36.6. The molecule has 1 saturated heterocycles. The number of piperidine rings is 1. The van der Waals surface area contributed by atoms with E-state index in [1.807, 2.05) is 6.07 Å². The van der Waals surface area contributed by atoms with Crippen molar-refractivity contribution in [2.45, 2.75) is 19.8 Å². The summed E-state index contributed by atoms with van der Waals surface area (Å²) in [7, 11) is -4.67. The van der Waals surface area contributed by atoms with Crippen LogP contribution in [0.3, 0.4) is 0 Å². The van der Waals surface area contributed by atoms with E-state index in [2.05, 4.69) is 0 Å². The van der Waals surface area contributed by atoms with Crippen molar-refractivity contribution < 1.29 is 41.4 Å². The Morgan fingerprint density at radius 2 is 1.62 bits per heavy atom. The van der Waals surface area contributed by atoms with E-state index in [-0.39, 0.29) is 43.5 Å². The number of Topliss-reactive ketones (excluding diaryl/α,β-unsaturated/α-hetero) is 2. The summed E-state index contributed by atoms with van der Waals surface area (Å²) in [4.78, 5) is 51.5. The maximum atomic E-state index is 12.8. The summed E-state index contributed by atoms with van der Waals surface area (Å²) in [6, 6.07) is 15.5. The first kappa shape index (κ1) is 26.8. The van der Waals surface area contributed by atoms with E-state index in [9.17, 15) is 19.2 Å². The van der Waals surface area contributed by atoms with Gasteiger partial charge < -0.3 is 9.64 Å². The van der Waals surface area contributed by atoms with Crippen LogP contribution in [0, 0.1) is 5.92 Å². The Bertz CT molecular complexity index is 1140. The van der Waals surface area contributed by atoms with Crippen molar-refractivity contribution in [1.82, 2.24) is 4.90 Å². The van der Waals surface area contributed by atoms with Crippen LogP contribution in [0.15, 0.2) is 54.6 Å². The van der Waals surface area contributed by atoms with Crippen LogP contribution in [0.4, 0.5) is 0 Å². The summed E-state index contributed by atoms with van der Waals surface area (Å²) in [5.74, 6) is -1.95. The molecule has 0 saturated carbocycles. The highest BCUT2D eigenvalue weighted by molar-refractivity contribution is 7.79. The number of likely N-dealkylation sites (tertiary alicyclic amines) is 1. The zero-order valence-electron chi connectivity index (χ0n) is 18.4. The molecule has 2 aromatic carbocycles. The van der Waals surface area contributed by atoms with E-state index in [0.717, 1.165) is 0 Å². The summed E-state index contributed by atoms with van der Waals surface area (Å²) in [5, 5.41) is 0. The van der Waals surface area contributed by atoms with Crippen LogP contribution in [0.5, 0.6) is 0 Å². The highest BCUT2D eigenvalue weighted by Crippen LogP contribution is 2.21. The predicted octanol–water partition coefficient (Wildman–Crippen LogP) is 2.05. The first-order valence-electron chi connectivity index (χ1n) is 10.4. The fourth-order valence-corrected chi connectivity index (χ4v) is 3.49. The average Bonchev–Trinajstić information content (AvgIpc) is 2.78. The van der Waals surface area contributed by atoms with Gasteiger partial charge in [-0.2, -0.15) is 8.42 Å². The molecule has 10 nitrogen and oxygen atoms in total. The zero-order valence-corrected chi connectivity index (χ0v) is 19.2. The normalized spacial score (nSPS) is 15.7. The van der Waals surface area contributed by atoms with Gasteiger partial charge in [0.1, 0.15) is 5.78 Å². The Morgan fingerprint density at radius 1 is 1.03 bits per heavy atom. The number of carbonyl (C=O) groups excluding carboxylic acids is 4. The first-order valence-corrected chi connectivity index (χ1v) is 11.8. The maximum absolute atomic E-state index is 12.8. The number of amides is 1. The first-order chi connectivity index (χ1) is 16.0. The third-order valence-corrected chi connectivity index (χ3v) is 5.00. The molecule has 2 aromatic rings. The van der Waals surface area contributed by atoms with E-state index in [1.54, 1.807) is 55.5 Å². The summed E-state index contributed by atoms with van der Waals surface area (Å²) >= 11 is 0. The molecule has 11 heteroatoms. The quantitative estimate of drug-likeness (QED) is 0.351. The van der Waals surface area contributed by atoms with Gasteiger partial charge in [-0.3, -0.25) is 23.5 Å². The minimum absolute atomic E-state index is 0.0158. The van der Waals surface area contributed by atoms with Gasteiger partial charge in [0.15, 0.2) is 5.78 Å². The van der Waals surface area contributed by atoms with Gasteiger partial charge in [0.2, 0.25) is 0 Å². The molecule has 0 spiro atoms. The van der Waals surface area contributed by atoms with E-state index in [4.69, 9.17) is 22.3 Å². The molecule has 1 aliphatic heterocycles. The minimum atomic E-state index is -4.67. The van der Waals surface area contributed by atoms with Crippen LogP contribution in [0.1, 0.15) is 39.6 Å². The molecule has 1 unspecified atom stereocenters. The summed E-state index contributed by atoms with van der Waals surface area (Å²) in [6.07, 6.45) is 0.274. The minimum Gasteiger partial charge on any atom is -0.462 e. The van der Waals surface area contributed by atoms with Crippen molar-refractivity contribution in [3.05, 3.63) is 71.3 Å². The van der Waals surface area contributed by atoms with Crippen molar-refractivity contribution in [1.29, 1.82) is 0 Å². The van der Waals surface area contributed by atoms with Crippen LogP contribution in [-0.2, 0) is 31.1 Å². The van der Waals surface area contributed by atoms with Crippen LogP contribution in [0.2, 0.25) is 0 Å². The molecule has 0 aliphatic carbocycles. The van der Waals surface area contributed by atoms with Crippen LogP contribution in [0.25, 0.3) is 0 Å². The number of hydrogen-bond acceptors (Lipinski definition) is 7. The molecule has 2 N–H and O–H groups in total. The molecule has 1 heterocycles. The fraction of sp³-hybridized carbons (Fsp3) is 0.304. The Labute approximate surface area is 197 Å². The Balaban J connectivity index is 0.000000739. The van der Waals surface area contributed by atoms with Gasteiger partial charge >= 0.3 is 16.4 Å². The van der Waals surface area contributed by atoms with Crippen molar-refractivity contribution in [3.63, 3.8) is 0 Å². The third-order valence-electron chi connectivity index (χ3n) is 5.00. The van der Waals surface area contributed by atoms with Gasteiger partial charge in [0.05, 0.1) is 24.6 Å². The second-order valence-corrected chi connectivity index (χ2v) is 8.26. The molecular formula is C23H25NO9S. The molecule has 0 bridgehead atoms. The maximum Gasteiger partial charge on any atom is 0.394 e.